The fourth-order valence-corrected chi connectivity index (χ4v) is 1.87. The zero-order valence-corrected chi connectivity index (χ0v) is 11.1. The second-order valence-corrected chi connectivity index (χ2v) is 4.49. The van der Waals surface area contributed by atoms with Gasteiger partial charge in [0.05, 0.1) is 13.2 Å². The molecule has 86 valence electrons. The van der Waals surface area contributed by atoms with E-state index < -0.39 is 0 Å². The van der Waals surface area contributed by atoms with Gasteiger partial charge in [-0.1, -0.05) is 32.3 Å². The molecule has 0 N–H and O–H groups in total. The number of hydrogen-bond donors (Lipinski definition) is 0. The molecule has 0 radical (unpaired) electrons. The Morgan fingerprint density at radius 3 is 2.75 bits per heavy atom. The highest BCUT2D eigenvalue weighted by atomic mass is 79.9. The maximum atomic E-state index is 6.89. The number of nitrogens with zero attached hydrogens (tertiary/aromatic N) is 1. The minimum atomic E-state index is 0.630. The Morgan fingerprint density at radius 1 is 1.31 bits per heavy atom. The Morgan fingerprint density at radius 2 is 2.12 bits per heavy atom. The lowest BCUT2D eigenvalue weighted by Crippen LogP contribution is -1.97. The van der Waals surface area contributed by atoms with Crippen LogP contribution >= 0.6 is 15.9 Å². The van der Waals surface area contributed by atoms with E-state index in [-0.39, 0.29) is 0 Å². The van der Waals surface area contributed by atoms with Crippen LogP contribution in [0.1, 0.15) is 32.6 Å². The summed E-state index contributed by atoms with van der Waals surface area (Å²) >= 11 is 3.40. The fourth-order valence-electron chi connectivity index (χ4n) is 1.39. The molecule has 16 heavy (non-hydrogen) atoms. The molecule has 0 saturated heterocycles. The molecule has 0 unspecified atom stereocenters. The fraction of sp³-hybridized carbons (Fsp3) is 0.462. The topological polar surface area (TPSA) is 13.6 Å². The monoisotopic (exact) mass is 281 g/mol. The quantitative estimate of drug-likeness (QED) is 0.531. The van der Waals surface area contributed by atoms with Crippen molar-refractivity contribution < 1.29 is 4.74 Å². The summed E-state index contributed by atoms with van der Waals surface area (Å²) in [4.78, 5) is 3.36. The van der Waals surface area contributed by atoms with Gasteiger partial charge in [-0.2, -0.15) is 0 Å². The van der Waals surface area contributed by atoms with Crippen molar-refractivity contribution in [1.82, 2.24) is 0 Å². The van der Waals surface area contributed by atoms with Crippen LogP contribution in [0.15, 0.2) is 22.7 Å². The minimum Gasteiger partial charge on any atom is -0.493 e. The van der Waals surface area contributed by atoms with Crippen LogP contribution < -0.4 is 4.74 Å². The van der Waals surface area contributed by atoms with Crippen LogP contribution in [0, 0.1) is 6.57 Å². The summed E-state index contributed by atoms with van der Waals surface area (Å²) in [6, 6.07) is 5.41. The molecule has 0 bridgehead atoms. The Balaban J connectivity index is 2.40. The van der Waals surface area contributed by atoms with Gasteiger partial charge in [-0.25, -0.2) is 4.85 Å². The van der Waals surface area contributed by atoms with Crippen LogP contribution in [0.25, 0.3) is 4.85 Å². The largest absolute Gasteiger partial charge is 0.493 e. The number of hydrogen-bond acceptors (Lipinski definition) is 1. The summed E-state index contributed by atoms with van der Waals surface area (Å²) in [7, 11) is 0. The molecule has 3 heteroatoms. The number of ether oxygens (including phenoxy) is 1. The molecule has 0 aliphatic carbocycles. The van der Waals surface area contributed by atoms with Crippen LogP contribution in [0.2, 0.25) is 0 Å². The van der Waals surface area contributed by atoms with Crippen molar-refractivity contribution in [2.24, 2.45) is 0 Å². The van der Waals surface area contributed by atoms with Gasteiger partial charge in [0.15, 0.2) is 5.69 Å². The lowest BCUT2D eigenvalue weighted by Gasteiger charge is -2.08. The van der Waals surface area contributed by atoms with Crippen molar-refractivity contribution in [2.75, 3.05) is 6.61 Å². The van der Waals surface area contributed by atoms with E-state index in [0.29, 0.717) is 5.69 Å². The normalized spacial score (nSPS) is 9.81. The molecule has 0 aliphatic heterocycles. The highest BCUT2D eigenvalue weighted by Crippen LogP contribution is 2.29. The Labute approximate surface area is 106 Å². The Bertz CT molecular complexity index is 371. The second-order valence-electron chi connectivity index (χ2n) is 3.64. The summed E-state index contributed by atoms with van der Waals surface area (Å²) in [5, 5.41) is 0. The molecule has 2 nitrogen and oxygen atoms in total. The van der Waals surface area contributed by atoms with Gasteiger partial charge < -0.3 is 4.74 Å². The van der Waals surface area contributed by atoms with E-state index in [4.69, 9.17) is 11.3 Å². The van der Waals surface area contributed by atoms with Crippen LogP contribution in [-0.2, 0) is 0 Å². The van der Waals surface area contributed by atoms with Crippen molar-refractivity contribution in [3.63, 3.8) is 0 Å². The molecule has 1 rings (SSSR count). The molecule has 0 saturated carbocycles. The van der Waals surface area contributed by atoms with Gasteiger partial charge in [0.2, 0.25) is 0 Å². The molecule has 0 atom stereocenters. The number of benzene rings is 1. The van der Waals surface area contributed by atoms with Gasteiger partial charge in [0.1, 0.15) is 5.75 Å². The molecule has 0 fully saturated rings. The van der Waals surface area contributed by atoms with Gasteiger partial charge >= 0.3 is 0 Å². The maximum Gasteiger partial charge on any atom is 0.188 e. The second kappa shape index (κ2) is 7.29. The lowest BCUT2D eigenvalue weighted by atomic mass is 10.2. The molecule has 0 aromatic heterocycles. The first-order valence-electron chi connectivity index (χ1n) is 5.57. The number of halogens is 1. The maximum absolute atomic E-state index is 6.89. The molecule has 0 amide bonds. The van der Waals surface area contributed by atoms with E-state index >= 15 is 0 Å². The third-order valence-corrected chi connectivity index (χ3v) is 2.92. The predicted molar refractivity (Wildman–Crippen MR) is 70.0 cm³/mol. The highest BCUT2D eigenvalue weighted by molar-refractivity contribution is 9.10. The standard InChI is InChI=1S/C13H16BrNO/c1-3-4-5-6-9-16-13-8-7-11(15-2)10-12(13)14/h7-8,10H,3-6,9H2,1H3. The number of unbranched alkanes of at least 4 members (excludes halogenated alkanes) is 3. The Kier molecular flexibility index (Phi) is 5.95. The van der Waals surface area contributed by atoms with Crippen LogP contribution in [-0.4, -0.2) is 6.61 Å². The van der Waals surface area contributed by atoms with Gasteiger partial charge in [-0.05, 0) is 34.5 Å². The first-order valence-corrected chi connectivity index (χ1v) is 6.37. The van der Waals surface area contributed by atoms with E-state index in [2.05, 4.69) is 27.7 Å². The first kappa shape index (κ1) is 13.1. The summed E-state index contributed by atoms with van der Waals surface area (Å²) in [5.74, 6) is 0.823. The molecular weight excluding hydrogens is 266 g/mol. The van der Waals surface area contributed by atoms with Crippen molar-refractivity contribution in [1.29, 1.82) is 0 Å². The highest BCUT2D eigenvalue weighted by Gasteiger charge is 2.01. The van der Waals surface area contributed by atoms with Gasteiger partial charge in [0, 0.05) is 4.47 Å². The average Bonchev–Trinajstić information content (AvgIpc) is 2.30. The average molecular weight is 282 g/mol. The third-order valence-electron chi connectivity index (χ3n) is 2.30. The molecule has 0 spiro atoms. The van der Waals surface area contributed by atoms with E-state index in [9.17, 15) is 0 Å². The van der Waals surface area contributed by atoms with Crippen molar-refractivity contribution in [2.45, 2.75) is 32.6 Å². The van der Waals surface area contributed by atoms with E-state index in [1.165, 1.54) is 19.3 Å². The van der Waals surface area contributed by atoms with Crippen molar-refractivity contribution in [3.8, 4) is 5.75 Å². The zero-order chi connectivity index (χ0) is 11.8. The first-order chi connectivity index (χ1) is 7.77. The van der Waals surface area contributed by atoms with Crippen LogP contribution in [0.3, 0.4) is 0 Å². The molecule has 0 aliphatic rings. The van der Waals surface area contributed by atoms with Crippen molar-refractivity contribution >= 4 is 21.6 Å². The molecule has 1 aromatic rings. The minimum absolute atomic E-state index is 0.630. The summed E-state index contributed by atoms with van der Waals surface area (Å²) in [5.41, 5.74) is 0.630. The van der Waals surface area contributed by atoms with Gasteiger partial charge in [-0.15, -0.1) is 0 Å². The van der Waals surface area contributed by atoms with E-state index in [1.807, 2.05) is 6.07 Å². The van der Waals surface area contributed by atoms with Gasteiger partial charge in [-0.3, -0.25) is 0 Å². The van der Waals surface area contributed by atoms with Crippen molar-refractivity contribution in [3.05, 3.63) is 34.1 Å². The lowest BCUT2D eigenvalue weighted by molar-refractivity contribution is 0.303. The zero-order valence-electron chi connectivity index (χ0n) is 9.50. The Hall–Kier alpha value is -1.01. The van der Waals surface area contributed by atoms with Gasteiger partial charge in [0.25, 0.3) is 0 Å². The summed E-state index contributed by atoms with van der Waals surface area (Å²) in [6.07, 6.45) is 4.81. The molecule has 1 aromatic carbocycles. The SMILES string of the molecule is [C-]#[N+]c1ccc(OCCCCCC)c(Br)c1. The number of rotatable bonds is 6. The van der Waals surface area contributed by atoms with Crippen LogP contribution in [0.4, 0.5) is 5.69 Å². The van der Waals surface area contributed by atoms with E-state index in [1.54, 1.807) is 12.1 Å². The smallest absolute Gasteiger partial charge is 0.188 e. The predicted octanol–water partition coefficient (Wildman–Crippen LogP) is 4.96. The third kappa shape index (κ3) is 4.24. The van der Waals surface area contributed by atoms with Crippen LogP contribution in [0.5, 0.6) is 5.75 Å². The molecular formula is C13H16BrNO. The summed E-state index contributed by atoms with van der Waals surface area (Å²) < 4.78 is 6.49. The van der Waals surface area contributed by atoms with E-state index in [0.717, 1.165) is 23.2 Å². The summed E-state index contributed by atoms with van der Waals surface area (Å²) in [6.45, 7) is 9.83. The molecule has 0 heterocycles.